The molecule has 0 aliphatic carbocycles. The molecule has 0 aliphatic heterocycles. The van der Waals surface area contributed by atoms with Crippen LogP contribution in [0.4, 0.5) is 10.3 Å². The molecule has 2 rings (SSSR count). The van der Waals surface area contributed by atoms with Gasteiger partial charge in [-0.2, -0.15) is 9.37 Å². The number of hydrogen-bond donors (Lipinski definition) is 1. The molecule has 1 aromatic heterocycles. The summed E-state index contributed by atoms with van der Waals surface area (Å²) in [4.78, 5) is 7.85. The minimum atomic E-state index is -0.587. The number of halogens is 1. The van der Waals surface area contributed by atoms with Crippen molar-refractivity contribution in [3.8, 4) is 11.6 Å². The zero-order chi connectivity index (χ0) is 15.5. The third kappa shape index (κ3) is 3.90. The molecule has 5 heteroatoms. The number of nitrogens with one attached hydrogen (secondary N) is 1. The van der Waals surface area contributed by atoms with Crippen molar-refractivity contribution >= 4 is 5.95 Å². The highest BCUT2D eigenvalue weighted by Gasteiger charge is 2.14. The third-order valence-electron chi connectivity index (χ3n) is 2.98. The molecule has 4 nitrogen and oxygen atoms in total. The predicted octanol–water partition coefficient (Wildman–Crippen LogP) is 4.14. The molecule has 0 atom stereocenters. The van der Waals surface area contributed by atoms with E-state index in [1.165, 1.54) is 5.56 Å². The molecule has 0 saturated heterocycles. The Morgan fingerprint density at radius 2 is 1.86 bits per heavy atom. The summed E-state index contributed by atoms with van der Waals surface area (Å²) in [6.07, 6.45) is 1.10. The fourth-order valence-electron chi connectivity index (χ4n) is 1.80. The summed E-state index contributed by atoms with van der Waals surface area (Å²) in [5, 5.41) is 2.92. The van der Waals surface area contributed by atoms with E-state index in [-0.39, 0.29) is 11.3 Å². The van der Waals surface area contributed by atoms with Crippen LogP contribution in [0.1, 0.15) is 33.3 Å². The largest absolute Gasteiger partial charge is 0.436 e. The maximum absolute atomic E-state index is 13.7. The van der Waals surface area contributed by atoms with Gasteiger partial charge < -0.3 is 10.1 Å². The molecule has 0 saturated carbocycles. The van der Waals surface area contributed by atoms with E-state index in [1.54, 1.807) is 0 Å². The molecule has 21 heavy (non-hydrogen) atoms. The van der Waals surface area contributed by atoms with Gasteiger partial charge in [-0.25, -0.2) is 4.98 Å². The van der Waals surface area contributed by atoms with Crippen LogP contribution in [0.3, 0.4) is 0 Å². The van der Waals surface area contributed by atoms with Gasteiger partial charge in [0.25, 0.3) is 5.88 Å². The van der Waals surface area contributed by atoms with Gasteiger partial charge in [0.1, 0.15) is 5.75 Å². The van der Waals surface area contributed by atoms with E-state index in [0.717, 1.165) is 6.20 Å². The summed E-state index contributed by atoms with van der Waals surface area (Å²) >= 11 is 0. The number of nitrogens with zero attached hydrogens (tertiary/aromatic N) is 2. The van der Waals surface area contributed by atoms with Crippen molar-refractivity contribution in [2.45, 2.75) is 33.1 Å². The Kier molecular flexibility index (Phi) is 4.40. The number of ether oxygens (including phenoxy) is 1. The summed E-state index contributed by atoms with van der Waals surface area (Å²) < 4.78 is 19.2. The van der Waals surface area contributed by atoms with Crippen LogP contribution in [0.5, 0.6) is 11.6 Å². The molecule has 0 aliphatic rings. The fraction of sp³-hybridized carbons (Fsp3) is 0.375. The highest BCUT2D eigenvalue weighted by molar-refractivity contribution is 5.35. The Morgan fingerprint density at radius 3 is 2.43 bits per heavy atom. The van der Waals surface area contributed by atoms with Gasteiger partial charge in [-0.1, -0.05) is 32.9 Å². The van der Waals surface area contributed by atoms with E-state index in [1.807, 2.05) is 31.2 Å². The highest BCUT2D eigenvalue weighted by atomic mass is 19.1. The van der Waals surface area contributed by atoms with Gasteiger partial charge in [0, 0.05) is 6.54 Å². The number of benzene rings is 1. The Hall–Kier alpha value is -2.17. The molecule has 1 aromatic carbocycles. The average Bonchev–Trinajstić information content (AvgIpc) is 2.42. The number of rotatable bonds is 4. The number of anilines is 1. The quantitative estimate of drug-likeness (QED) is 0.919. The second-order valence-electron chi connectivity index (χ2n) is 5.75. The Morgan fingerprint density at radius 1 is 1.19 bits per heavy atom. The van der Waals surface area contributed by atoms with E-state index in [4.69, 9.17) is 4.74 Å². The van der Waals surface area contributed by atoms with Crippen molar-refractivity contribution in [3.63, 3.8) is 0 Å². The van der Waals surface area contributed by atoms with Gasteiger partial charge in [-0.05, 0) is 30.0 Å². The molecule has 112 valence electrons. The summed E-state index contributed by atoms with van der Waals surface area (Å²) in [6, 6.07) is 7.57. The van der Waals surface area contributed by atoms with E-state index in [2.05, 4.69) is 36.1 Å². The van der Waals surface area contributed by atoms with Crippen LogP contribution < -0.4 is 10.1 Å². The first-order valence-electron chi connectivity index (χ1n) is 6.95. The molecule has 0 radical (unpaired) electrons. The lowest BCUT2D eigenvalue weighted by atomic mass is 9.87. The Labute approximate surface area is 124 Å². The van der Waals surface area contributed by atoms with Crippen molar-refractivity contribution in [3.05, 3.63) is 41.8 Å². The lowest BCUT2D eigenvalue weighted by molar-refractivity contribution is 0.420. The topological polar surface area (TPSA) is 47.0 Å². The molecular formula is C16H20FN3O. The zero-order valence-corrected chi connectivity index (χ0v) is 12.8. The highest BCUT2D eigenvalue weighted by Crippen LogP contribution is 2.27. The van der Waals surface area contributed by atoms with Crippen LogP contribution in [-0.4, -0.2) is 16.5 Å². The number of aromatic nitrogens is 2. The minimum Gasteiger partial charge on any atom is -0.436 e. The van der Waals surface area contributed by atoms with Crippen LogP contribution in [0.15, 0.2) is 30.5 Å². The van der Waals surface area contributed by atoms with E-state index in [0.29, 0.717) is 18.2 Å². The van der Waals surface area contributed by atoms with Crippen LogP contribution in [0.2, 0.25) is 0 Å². The summed E-state index contributed by atoms with van der Waals surface area (Å²) in [6.45, 7) is 8.98. The summed E-state index contributed by atoms with van der Waals surface area (Å²) in [5.74, 6) is 0.226. The molecule has 1 N–H and O–H groups in total. The molecular weight excluding hydrogens is 269 g/mol. The lowest BCUT2D eigenvalue weighted by Crippen LogP contribution is -2.10. The van der Waals surface area contributed by atoms with Crippen LogP contribution in [0.25, 0.3) is 0 Å². The van der Waals surface area contributed by atoms with Gasteiger partial charge in [0.15, 0.2) is 0 Å². The maximum Gasteiger partial charge on any atom is 0.260 e. The minimum absolute atomic E-state index is 0.0664. The van der Waals surface area contributed by atoms with Crippen molar-refractivity contribution in [2.24, 2.45) is 0 Å². The van der Waals surface area contributed by atoms with Gasteiger partial charge in [-0.3, -0.25) is 0 Å². The zero-order valence-electron chi connectivity index (χ0n) is 12.8. The van der Waals surface area contributed by atoms with E-state index in [9.17, 15) is 4.39 Å². The maximum atomic E-state index is 13.7. The second-order valence-corrected chi connectivity index (χ2v) is 5.75. The lowest BCUT2D eigenvalue weighted by Gasteiger charge is -2.19. The molecule has 0 bridgehead atoms. The first-order chi connectivity index (χ1) is 9.90. The Bertz CT molecular complexity index is 606. The monoisotopic (exact) mass is 289 g/mol. The number of hydrogen-bond acceptors (Lipinski definition) is 4. The van der Waals surface area contributed by atoms with E-state index >= 15 is 0 Å². The average molecular weight is 289 g/mol. The van der Waals surface area contributed by atoms with Gasteiger partial charge in [0.2, 0.25) is 11.8 Å². The fourth-order valence-corrected chi connectivity index (χ4v) is 1.80. The first kappa shape index (κ1) is 15.2. The predicted molar refractivity (Wildman–Crippen MR) is 81.4 cm³/mol. The van der Waals surface area contributed by atoms with Crippen molar-refractivity contribution in [1.29, 1.82) is 0 Å². The first-order valence-corrected chi connectivity index (χ1v) is 6.95. The van der Waals surface area contributed by atoms with Gasteiger partial charge in [-0.15, -0.1) is 0 Å². The molecule has 1 heterocycles. The standard InChI is InChI=1S/C16H20FN3O/c1-5-18-15-19-10-13(17)14(20-15)21-12-8-6-11(7-9-12)16(2,3)4/h6-10H,5H2,1-4H3,(H,18,19,20). The summed E-state index contributed by atoms with van der Waals surface area (Å²) in [5.41, 5.74) is 1.25. The van der Waals surface area contributed by atoms with Crippen LogP contribution in [0, 0.1) is 5.82 Å². The normalized spacial score (nSPS) is 11.3. The summed E-state index contributed by atoms with van der Waals surface area (Å²) in [7, 11) is 0. The van der Waals surface area contributed by atoms with Crippen LogP contribution >= 0.6 is 0 Å². The van der Waals surface area contributed by atoms with Gasteiger partial charge >= 0.3 is 0 Å². The van der Waals surface area contributed by atoms with Crippen molar-refractivity contribution in [2.75, 3.05) is 11.9 Å². The molecule has 0 amide bonds. The molecule has 0 fully saturated rings. The van der Waals surface area contributed by atoms with Gasteiger partial charge in [0.05, 0.1) is 6.20 Å². The molecule has 0 spiro atoms. The van der Waals surface area contributed by atoms with Crippen molar-refractivity contribution < 1.29 is 9.13 Å². The second kappa shape index (κ2) is 6.08. The van der Waals surface area contributed by atoms with E-state index < -0.39 is 5.82 Å². The molecule has 0 unspecified atom stereocenters. The van der Waals surface area contributed by atoms with Crippen molar-refractivity contribution in [1.82, 2.24) is 9.97 Å². The molecule has 2 aromatic rings. The third-order valence-corrected chi connectivity index (χ3v) is 2.98. The van der Waals surface area contributed by atoms with Crippen LogP contribution in [-0.2, 0) is 5.41 Å². The Balaban J connectivity index is 2.20. The SMILES string of the molecule is CCNc1ncc(F)c(Oc2ccc(C(C)(C)C)cc2)n1. The smallest absolute Gasteiger partial charge is 0.260 e.